The minimum absolute atomic E-state index is 0.465. The Balaban J connectivity index is 1.37. The molecular weight excluding hydrogens is 390 g/mol. The first kappa shape index (κ1) is 17.0. The molecule has 0 unspecified atom stereocenters. The molecule has 1 aromatic carbocycles. The molecule has 0 bridgehead atoms. The highest BCUT2D eigenvalue weighted by Crippen LogP contribution is 2.23. The van der Waals surface area contributed by atoms with E-state index in [2.05, 4.69) is 25.3 Å². The van der Waals surface area contributed by atoms with Crippen LogP contribution in [0.5, 0.6) is 0 Å². The summed E-state index contributed by atoms with van der Waals surface area (Å²) >= 11 is 8.99. The van der Waals surface area contributed by atoms with Crippen molar-refractivity contribution in [2.45, 2.75) is 10.9 Å². The van der Waals surface area contributed by atoms with Gasteiger partial charge in [-0.3, -0.25) is 5.10 Å². The summed E-state index contributed by atoms with van der Waals surface area (Å²) in [6, 6.07) is 11.3. The van der Waals surface area contributed by atoms with Gasteiger partial charge in [-0.25, -0.2) is 4.98 Å². The molecule has 0 amide bonds. The van der Waals surface area contributed by atoms with Crippen LogP contribution in [-0.2, 0) is 5.75 Å². The van der Waals surface area contributed by atoms with Crippen molar-refractivity contribution in [2.24, 2.45) is 0 Å². The smallest absolute Gasteiger partial charge is 0.257 e. The highest BCUT2D eigenvalue weighted by molar-refractivity contribution is 7.98. The van der Waals surface area contributed by atoms with Crippen LogP contribution in [0.1, 0.15) is 16.5 Å². The average molecular weight is 402 g/mol. The van der Waals surface area contributed by atoms with Gasteiger partial charge in [-0.05, 0) is 47.9 Å². The zero-order valence-electron chi connectivity index (χ0n) is 13.3. The van der Waals surface area contributed by atoms with Gasteiger partial charge in [0.25, 0.3) is 5.89 Å². The van der Waals surface area contributed by atoms with Gasteiger partial charge in [-0.15, -0.1) is 16.4 Å². The van der Waals surface area contributed by atoms with Gasteiger partial charge in [0, 0.05) is 15.5 Å². The third-order valence-electron chi connectivity index (χ3n) is 3.32. The highest BCUT2D eigenvalue weighted by atomic mass is 35.5. The van der Waals surface area contributed by atoms with Crippen molar-refractivity contribution in [1.29, 1.82) is 0 Å². The number of nitrogens with one attached hydrogen (secondary N) is 1. The summed E-state index contributed by atoms with van der Waals surface area (Å²) < 4.78 is 5.29. The number of H-pyrrole nitrogens is 1. The van der Waals surface area contributed by atoms with Crippen molar-refractivity contribution >= 4 is 46.9 Å². The first-order valence-corrected chi connectivity index (χ1v) is 9.86. The zero-order valence-corrected chi connectivity index (χ0v) is 15.7. The molecule has 0 aliphatic rings. The normalized spacial score (nSPS) is 11.4. The van der Waals surface area contributed by atoms with Gasteiger partial charge < -0.3 is 4.52 Å². The Bertz CT molecular complexity index is 1010. The van der Waals surface area contributed by atoms with Crippen LogP contribution in [0.2, 0.25) is 5.02 Å². The number of rotatable bonds is 6. The quantitative estimate of drug-likeness (QED) is 0.456. The van der Waals surface area contributed by atoms with E-state index in [4.69, 9.17) is 16.1 Å². The number of hydrogen-bond donors (Lipinski definition) is 1. The molecule has 0 fully saturated rings. The zero-order chi connectivity index (χ0) is 17.8. The lowest BCUT2D eigenvalue weighted by Crippen LogP contribution is -1.85. The van der Waals surface area contributed by atoms with Gasteiger partial charge in [-0.2, -0.15) is 4.98 Å². The lowest BCUT2D eigenvalue weighted by atomic mass is 10.2. The molecule has 9 heteroatoms. The predicted molar refractivity (Wildman–Crippen MR) is 104 cm³/mol. The standard InChI is InChI=1S/C17H12ClN5OS2/c18-12-5-3-11(4-6-12)16-19-15(23-24-16)10-26-17-20-14(21-22-17)8-7-13-2-1-9-25-13/h1-9H,10H2,(H,20,21,22)/b8-7+. The molecule has 0 aliphatic heterocycles. The van der Waals surface area contributed by atoms with Crippen molar-refractivity contribution < 1.29 is 4.52 Å². The Morgan fingerprint density at radius 1 is 1.15 bits per heavy atom. The number of aromatic amines is 1. The number of nitrogens with zero attached hydrogens (tertiary/aromatic N) is 4. The average Bonchev–Trinajstić information content (AvgIpc) is 3.40. The third-order valence-corrected chi connectivity index (χ3v) is 5.25. The van der Waals surface area contributed by atoms with Crippen LogP contribution in [0.4, 0.5) is 0 Å². The van der Waals surface area contributed by atoms with Gasteiger partial charge in [0.05, 0.1) is 5.75 Å². The number of thioether (sulfide) groups is 1. The molecule has 3 heterocycles. The van der Waals surface area contributed by atoms with E-state index in [9.17, 15) is 0 Å². The van der Waals surface area contributed by atoms with E-state index < -0.39 is 0 Å². The van der Waals surface area contributed by atoms with Crippen molar-refractivity contribution in [3.05, 3.63) is 63.3 Å². The minimum Gasteiger partial charge on any atom is -0.334 e. The number of aromatic nitrogens is 5. The van der Waals surface area contributed by atoms with Crippen LogP contribution in [0.25, 0.3) is 23.6 Å². The van der Waals surface area contributed by atoms with Gasteiger partial charge >= 0.3 is 0 Å². The van der Waals surface area contributed by atoms with Crippen molar-refractivity contribution in [2.75, 3.05) is 0 Å². The molecule has 0 atom stereocenters. The lowest BCUT2D eigenvalue weighted by molar-refractivity contribution is 0.425. The fourth-order valence-corrected chi connectivity index (χ4v) is 3.49. The fourth-order valence-electron chi connectivity index (χ4n) is 2.10. The SMILES string of the molecule is Clc1ccc(-c2nc(CSc3n[nH]c(/C=C/c4cccs4)n3)no2)cc1. The molecule has 0 aliphatic carbocycles. The van der Waals surface area contributed by atoms with E-state index in [1.807, 2.05) is 41.8 Å². The van der Waals surface area contributed by atoms with Crippen molar-refractivity contribution in [1.82, 2.24) is 25.3 Å². The molecule has 0 spiro atoms. The van der Waals surface area contributed by atoms with Crippen LogP contribution in [0.15, 0.2) is 51.5 Å². The Morgan fingerprint density at radius 3 is 2.85 bits per heavy atom. The summed E-state index contributed by atoms with van der Waals surface area (Å²) in [6.07, 6.45) is 3.90. The topological polar surface area (TPSA) is 80.5 Å². The van der Waals surface area contributed by atoms with E-state index >= 15 is 0 Å². The Kier molecular flexibility index (Phi) is 5.14. The molecule has 4 aromatic rings. The number of halogens is 1. The molecule has 6 nitrogen and oxygen atoms in total. The number of benzene rings is 1. The van der Waals surface area contributed by atoms with E-state index in [-0.39, 0.29) is 0 Å². The minimum atomic E-state index is 0.465. The first-order valence-electron chi connectivity index (χ1n) is 7.61. The van der Waals surface area contributed by atoms with Crippen LogP contribution < -0.4 is 0 Å². The molecule has 0 saturated carbocycles. The van der Waals surface area contributed by atoms with Crippen LogP contribution in [-0.4, -0.2) is 25.3 Å². The van der Waals surface area contributed by atoms with Gasteiger partial charge in [0.1, 0.15) is 5.82 Å². The summed E-state index contributed by atoms with van der Waals surface area (Å²) in [5.74, 6) is 2.27. The van der Waals surface area contributed by atoms with Crippen LogP contribution in [0, 0.1) is 0 Å². The lowest BCUT2D eigenvalue weighted by Gasteiger charge is -1.93. The van der Waals surface area contributed by atoms with E-state index in [0.29, 0.717) is 33.5 Å². The second-order valence-corrected chi connectivity index (χ2v) is 7.52. The molecular formula is C17H12ClN5OS2. The van der Waals surface area contributed by atoms with Crippen LogP contribution in [0.3, 0.4) is 0 Å². The number of thiophene rings is 1. The molecule has 0 saturated heterocycles. The second-order valence-electron chi connectivity index (χ2n) is 5.16. The molecule has 4 rings (SSSR count). The maximum absolute atomic E-state index is 5.88. The molecule has 3 aromatic heterocycles. The van der Waals surface area contributed by atoms with Crippen molar-refractivity contribution in [3.63, 3.8) is 0 Å². The molecule has 1 N–H and O–H groups in total. The molecule has 130 valence electrons. The maximum atomic E-state index is 5.88. The molecule has 0 radical (unpaired) electrons. The monoisotopic (exact) mass is 401 g/mol. The maximum Gasteiger partial charge on any atom is 0.257 e. The summed E-state index contributed by atoms with van der Waals surface area (Å²) in [6.45, 7) is 0. The second kappa shape index (κ2) is 7.86. The van der Waals surface area contributed by atoms with Crippen molar-refractivity contribution in [3.8, 4) is 11.5 Å². The van der Waals surface area contributed by atoms with E-state index in [1.54, 1.807) is 23.5 Å². The first-order chi connectivity index (χ1) is 12.8. The summed E-state index contributed by atoms with van der Waals surface area (Å²) in [4.78, 5) is 9.96. The Labute approximate surface area is 162 Å². The highest BCUT2D eigenvalue weighted by Gasteiger charge is 2.10. The Morgan fingerprint density at radius 2 is 2.04 bits per heavy atom. The van der Waals surface area contributed by atoms with Gasteiger partial charge in [-0.1, -0.05) is 34.6 Å². The number of hydrogen-bond acceptors (Lipinski definition) is 7. The fraction of sp³-hybridized carbons (Fsp3) is 0.0588. The van der Waals surface area contributed by atoms with E-state index in [0.717, 1.165) is 10.4 Å². The summed E-state index contributed by atoms with van der Waals surface area (Å²) in [7, 11) is 0. The van der Waals surface area contributed by atoms with E-state index in [1.165, 1.54) is 11.8 Å². The summed E-state index contributed by atoms with van der Waals surface area (Å²) in [5.41, 5.74) is 0.831. The van der Waals surface area contributed by atoms with Crippen LogP contribution >= 0.6 is 34.7 Å². The largest absolute Gasteiger partial charge is 0.334 e. The van der Waals surface area contributed by atoms with Gasteiger partial charge in [0.15, 0.2) is 5.82 Å². The third kappa shape index (κ3) is 4.21. The predicted octanol–water partition coefficient (Wildman–Crippen LogP) is 5.03. The Hall–Kier alpha value is -2.42. The molecule has 26 heavy (non-hydrogen) atoms. The van der Waals surface area contributed by atoms with Gasteiger partial charge in [0.2, 0.25) is 5.16 Å². The summed E-state index contributed by atoms with van der Waals surface area (Å²) in [5, 5.41) is 14.4.